The Labute approximate surface area is 191 Å². The van der Waals surface area contributed by atoms with Crippen LogP contribution in [0.15, 0.2) is 29.3 Å². The van der Waals surface area contributed by atoms with Crippen LogP contribution in [0.25, 0.3) is 0 Å². The van der Waals surface area contributed by atoms with Gasteiger partial charge < -0.3 is 15.4 Å². The number of aromatic nitrogens is 2. The number of halogens is 1. The topological polar surface area (TPSA) is 123 Å². The summed E-state index contributed by atoms with van der Waals surface area (Å²) in [6, 6.07) is 2.47. The van der Waals surface area contributed by atoms with E-state index in [1.807, 2.05) is 0 Å². The highest BCUT2D eigenvalue weighted by Crippen LogP contribution is 2.33. The molecule has 178 valence electrons. The molecule has 10 nitrogen and oxygen atoms in total. The van der Waals surface area contributed by atoms with Gasteiger partial charge in [-0.3, -0.25) is 14.3 Å². The van der Waals surface area contributed by atoms with Crippen molar-refractivity contribution in [2.24, 2.45) is 7.05 Å². The van der Waals surface area contributed by atoms with Crippen LogP contribution >= 0.6 is 0 Å². The van der Waals surface area contributed by atoms with Gasteiger partial charge in [-0.2, -0.15) is 9.40 Å². The molecule has 33 heavy (non-hydrogen) atoms. The normalized spacial score (nSPS) is 22.6. The predicted molar refractivity (Wildman–Crippen MR) is 116 cm³/mol. The van der Waals surface area contributed by atoms with E-state index >= 15 is 0 Å². The Kier molecular flexibility index (Phi) is 6.39. The van der Waals surface area contributed by atoms with Crippen LogP contribution in [0, 0.1) is 12.7 Å². The summed E-state index contributed by atoms with van der Waals surface area (Å²) in [6.45, 7) is 1.89. The fourth-order valence-electron chi connectivity index (χ4n) is 4.31. The molecule has 1 aromatic heterocycles. The molecule has 2 aromatic rings. The molecule has 0 aliphatic carbocycles. The molecule has 2 amide bonds. The molecule has 1 saturated heterocycles. The molecule has 2 N–H and O–H groups in total. The van der Waals surface area contributed by atoms with E-state index < -0.39 is 33.8 Å². The van der Waals surface area contributed by atoms with E-state index in [9.17, 15) is 22.4 Å². The SMILES string of the molecule is Cc1c(S(=O)(=O)N2[C@@H]3CC[C@H]2CC(=O)NCCOc2ccc(F)cc2C(=O)NC3)cnn1C. The van der Waals surface area contributed by atoms with Crippen molar-refractivity contribution in [2.45, 2.75) is 43.2 Å². The second-order valence-electron chi connectivity index (χ2n) is 8.19. The lowest BCUT2D eigenvalue weighted by Gasteiger charge is -2.29. The molecular formula is C21H26FN5O5S. The van der Waals surface area contributed by atoms with E-state index in [-0.39, 0.29) is 48.2 Å². The summed E-state index contributed by atoms with van der Waals surface area (Å²) in [4.78, 5) is 25.4. The van der Waals surface area contributed by atoms with Crippen molar-refractivity contribution >= 4 is 21.8 Å². The van der Waals surface area contributed by atoms with Crippen molar-refractivity contribution in [3.63, 3.8) is 0 Å². The number of ether oxygens (including phenoxy) is 1. The van der Waals surface area contributed by atoms with Crippen molar-refractivity contribution < 1.29 is 27.1 Å². The molecule has 0 saturated carbocycles. The fraction of sp³-hybridized carbons (Fsp3) is 0.476. The number of hydrogen-bond acceptors (Lipinski definition) is 6. The standard InChI is InChI=1S/C21H26FN5O5S/c1-13-19(12-25-26(13)2)33(30,31)27-15-4-5-16(27)11-24-21(29)17-9-14(22)3-6-18(17)32-8-7-23-20(28)10-15/h3,6,9,12,15-16H,4-5,7-8,10-11H2,1-2H3,(H,23,28)(H,24,29)/t15-,16+/m0/s1. The lowest BCUT2D eigenvalue weighted by atomic mass is 10.1. The number of benzene rings is 1. The second kappa shape index (κ2) is 9.10. The molecule has 2 aliphatic rings. The van der Waals surface area contributed by atoms with Gasteiger partial charge in [-0.25, -0.2) is 12.8 Å². The average molecular weight is 480 g/mol. The average Bonchev–Trinajstić information content (AvgIpc) is 3.33. The Hall–Kier alpha value is -2.99. The maximum absolute atomic E-state index is 13.8. The number of rotatable bonds is 2. The van der Waals surface area contributed by atoms with Gasteiger partial charge in [-0.15, -0.1) is 0 Å². The summed E-state index contributed by atoms with van der Waals surface area (Å²) in [7, 11) is -2.34. The van der Waals surface area contributed by atoms with Crippen LogP contribution in [0.2, 0.25) is 0 Å². The van der Waals surface area contributed by atoms with Crippen molar-refractivity contribution in [1.29, 1.82) is 0 Å². The van der Waals surface area contributed by atoms with E-state index in [2.05, 4.69) is 15.7 Å². The number of amides is 2. The van der Waals surface area contributed by atoms with E-state index in [0.29, 0.717) is 18.5 Å². The Morgan fingerprint density at radius 1 is 1.18 bits per heavy atom. The number of aryl methyl sites for hydroxylation is 1. The summed E-state index contributed by atoms with van der Waals surface area (Å²) in [5.74, 6) is -1.28. The minimum Gasteiger partial charge on any atom is -0.491 e. The molecule has 0 radical (unpaired) electrons. The van der Waals surface area contributed by atoms with Gasteiger partial charge in [0.15, 0.2) is 0 Å². The van der Waals surface area contributed by atoms with Gasteiger partial charge in [0.1, 0.15) is 23.1 Å². The quantitative estimate of drug-likeness (QED) is 0.655. The first kappa shape index (κ1) is 23.2. The van der Waals surface area contributed by atoms with Gasteiger partial charge in [0.2, 0.25) is 15.9 Å². The van der Waals surface area contributed by atoms with Gasteiger partial charge in [0.25, 0.3) is 5.91 Å². The van der Waals surface area contributed by atoms with Crippen LogP contribution in [0.3, 0.4) is 0 Å². The Balaban J connectivity index is 1.68. The van der Waals surface area contributed by atoms with Gasteiger partial charge in [0, 0.05) is 32.1 Å². The predicted octanol–water partition coefficient (Wildman–Crippen LogP) is 0.718. The third kappa shape index (κ3) is 4.58. The number of carbonyl (C=O) groups is 2. The minimum absolute atomic E-state index is 0.00504. The van der Waals surface area contributed by atoms with Crippen LogP contribution in [0.4, 0.5) is 4.39 Å². The Morgan fingerprint density at radius 3 is 2.67 bits per heavy atom. The van der Waals surface area contributed by atoms with Crippen molar-refractivity contribution in [3.8, 4) is 5.75 Å². The van der Waals surface area contributed by atoms with Crippen molar-refractivity contribution in [3.05, 3.63) is 41.5 Å². The van der Waals surface area contributed by atoms with Crippen molar-refractivity contribution in [2.75, 3.05) is 19.7 Å². The van der Waals surface area contributed by atoms with Crippen LogP contribution in [0.1, 0.15) is 35.3 Å². The molecule has 4 rings (SSSR count). The summed E-state index contributed by atoms with van der Waals surface area (Å²) in [5.41, 5.74) is 0.481. The second-order valence-corrected chi connectivity index (χ2v) is 10.0. The summed E-state index contributed by atoms with van der Waals surface area (Å²) < 4.78 is 49.4. The first-order valence-corrected chi connectivity index (χ1v) is 12.1. The minimum atomic E-state index is -3.99. The monoisotopic (exact) mass is 479 g/mol. The van der Waals surface area contributed by atoms with Gasteiger partial charge >= 0.3 is 0 Å². The third-order valence-electron chi connectivity index (χ3n) is 6.09. The summed E-state index contributed by atoms with van der Waals surface area (Å²) >= 11 is 0. The number of fused-ring (bicyclic) bond motifs is 3. The van der Waals surface area contributed by atoms with Crippen LogP contribution in [-0.2, 0) is 21.9 Å². The molecule has 1 aromatic carbocycles. The van der Waals surface area contributed by atoms with E-state index in [4.69, 9.17) is 4.74 Å². The third-order valence-corrected chi connectivity index (χ3v) is 8.19. The number of nitrogens with one attached hydrogen (secondary N) is 2. The van der Waals surface area contributed by atoms with Gasteiger partial charge in [-0.1, -0.05) is 0 Å². The van der Waals surface area contributed by atoms with Crippen LogP contribution in [-0.4, -0.2) is 66.1 Å². The largest absolute Gasteiger partial charge is 0.491 e. The number of carbonyl (C=O) groups excluding carboxylic acids is 2. The molecular weight excluding hydrogens is 453 g/mol. The molecule has 2 aliphatic heterocycles. The highest BCUT2D eigenvalue weighted by molar-refractivity contribution is 7.89. The lowest BCUT2D eigenvalue weighted by molar-refractivity contribution is -0.121. The molecule has 0 unspecified atom stereocenters. The number of nitrogens with zero attached hydrogens (tertiary/aromatic N) is 3. The molecule has 2 atom stereocenters. The zero-order chi connectivity index (χ0) is 23.8. The molecule has 3 heterocycles. The Morgan fingerprint density at radius 2 is 1.94 bits per heavy atom. The first-order chi connectivity index (χ1) is 15.7. The number of hydrogen-bond donors (Lipinski definition) is 2. The zero-order valence-electron chi connectivity index (χ0n) is 18.4. The smallest absolute Gasteiger partial charge is 0.255 e. The lowest BCUT2D eigenvalue weighted by Crippen LogP contribution is -2.48. The number of sulfonamides is 1. The van der Waals surface area contributed by atoms with Gasteiger partial charge in [-0.05, 0) is 38.0 Å². The first-order valence-electron chi connectivity index (χ1n) is 10.7. The molecule has 2 bridgehead atoms. The van der Waals surface area contributed by atoms with E-state index in [0.717, 1.165) is 6.07 Å². The maximum atomic E-state index is 13.8. The fourth-order valence-corrected chi connectivity index (χ4v) is 6.37. The molecule has 12 heteroatoms. The molecule has 0 spiro atoms. The highest BCUT2D eigenvalue weighted by atomic mass is 32.2. The Bertz CT molecular complexity index is 1180. The van der Waals surface area contributed by atoms with E-state index in [1.54, 1.807) is 14.0 Å². The zero-order valence-corrected chi connectivity index (χ0v) is 19.2. The van der Waals surface area contributed by atoms with E-state index in [1.165, 1.54) is 27.3 Å². The van der Waals surface area contributed by atoms with Crippen LogP contribution in [0.5, 0.6) is 5.75 Å². The van der Waals surface area contributed by atoms with Crippen LogP contribution < -0.4 is 15.4 Å². The maximum Gasteiger partial charge on any atom is 0.255 e. The molecule has 1 fully saturated rings. The summed E-state index contributed by atoms with van der Waals surface area (Å²) in [5, 5.41) is 9.49. The highest BCUT2D eigenvalue weighted by Gasteiger charge is 2.44. The summed E-state index contributed by atoms with van der Waals surface area (Å²) in [6.07, 6.45) is 2.22. The van der Waals surface area contributed by atoms with Crippen molar-refractivity contribution in [1.82, 2.24) is 24.7 Å². The van der Waals surface area contributed by atoms with Gasteiger partial charge in [0.05, 0.1) is 24.0 Å².